The van der Waals surface area contributed by atoms with Gasteiger partial charge in [-0.1, -0.05) is 54.6 Å². The average molecular weight is 294 g/mol. The fourth-order valence-electron chi connectivity index (χ4n) is 2.60. The molecule has 0 spiro atoms. The molecule has 112 valence electrons. The molecule has 0 radical (unpaired) electrons. The molecule has 0 saturated carbocycles. The summed E-state index contributed by atoms with van der Waals surface area (Å²) in [5.74, 6) is -0.0757. The minimum absolute atomic E-state index is 0.0757. The number of hydrogen-bond acceptors (Lipinski definition) is 3. The summed E-state index contributed by atoms with van der Waals surface area (Å²) in [7, 11) is 1.56. The SMILES string of the molecule is COC1C=CC(=O)C(C)(c2ccc(-c3ccccc3)cc2)O1. The minimum Gasteiger partial charge on any atom is -0.352 e. The first kappa shape index (κ1) is 14.7. The number of hydrogen-bond donors (Lipinski definition) is 0. The Labute approximate surface area is 130 Å². The zero-order valence-corrected chi connectivity index (χ0v) is 12.7. The van der Waals surface area contributed by atoms with Crippen molar-refractivity contribution >= 4 is 5.78 Å². The second kappa shape index (κ2) is 5.87. The minimum atomic E-state index is -1.01. The molecule has 2 aromatic rings. The van der Waals surface area contributed by atoms with Crippen molar-refractivity contribution in [3.63, 3.8) is 0 Å². The van der Waals surface area contributed by atoms with Gasteiger partial charge in [0.15, 0.2) is 17.7 Å². The van der Waals surface area contributed by atoms with Crippen molar-refractivity contribution in [1.82, 2.24) is 0 Å². The molecule has 1 aliphatic rings. The van der Waals surface area contributed by atoms with Crippen LogP contribution in [0.1, 0.15) is 12.5 Å². The molecule has 3 heteroatoms. The maximum absolute atomic E-state index is 12.3. The quantitative estimate of drug-likeness (QED) is 0.866. The number of ether oxygens (including phenoxy) is 2. The monoisotopic (exact) mass is 294 g/mol. The highest BCUT2D eigenvalue weighted by Crippen LogP contribution is 2.33. The number of rotatable bonds is 3. The highest BCUT2D eigenvalue weighted by atomic mass is 16.7. The Morgan fingerprint density at radius 2 is 1.64 bits per heavy atom. The van der Waals surface area contributed by atoms with Crippen LogP contribution in [0.25, 0.3) is 11.1 Å². The van der Waals surface area contributed by atoms with Gasteiger partial charge in [-0.15, -0.1) is 0 Å². The van der Waals surface area contributed by atoms with Crippen LogP contribution in [0.3, 0.4) is 0 Å². The largest absolute Gasteiger partial charge is 0.352 e. The van der Waals surface area contributed by atoms with Crippen LogP contribution >= 0.6 is 0 Å². The van der Waals surface area contributed by atoms with Crippen LogP contribution in [0, 0.1) is 0 Å². The van der Waals surface area contributed by atoms with Crippen molar-refractivity contribution in [1.29, 1.82) is 0 Å². The number of carbonyl (C=O) groups is 1. The smallest absolute Gasteiger partial charge is 0.191 e. The van der Waals surface area contributed by atoms with Crippen molar-refractivity contribution in [2.75, 3.05) is 7.11 Å². The molecule has 0 amide bonds. The Hall–Kier alpha value is -2.23. The average Bonchev–Trinajstić information content (AvgIpc) is 2.58. The van der Waals surface area contributed by atoms with Gasteiger partial charge in [-0.2, -0.15) is 0 Å². The molecule has 0 saturated heterocycles. The lowest BCUT2D eigenvalue weighted by molar-refractivity contribution is -0.185. The van der Waals surface area contributed by atoms with Crippen LogP contribution in [0.5, 0.6) is 0 Å². The van der Waals surface area contributed by atoms with Crippen LogP contribution in [0.15, 0.2) is 66.7 Å². The van der Waals surface area contributed by atoms with E-state index in [2.05, 4.69) is 12.1 Å². The van der Waals surface area contributed by atoms with E-state index in [4.69, 9.17) is 9.47 Å². The molecular weight excluding hydrogens is 276 g/mol. The molecule has 2 aromatic carbocycles. The van der Waals surface area contributed by atoms with E-state index in [1.165, 1.54) is 6.08 Å². The number of ketones is 1. The third-order valence-electron chi connectivity index (χ3n) is 4.00. The molecule has 0 aromatic heterocycles. The molecule has 1 aliphatic heterocycles. The van der Waals surface area contributed by atoms with E-state index in [9.17, 15) is 4.79 Å². The fourth-order valence-corrected chi connectivity index (χ4v) is 2.60. The number of benzene rings is 2. The highest BCUT2D eigenvalue weighted by molar-refractivity contribution is 5.98. The maximum atomic E-state index is 12.3. The number of methoxy groups -OCH3 is 1. The van der Waals surface area contributed by atoms with Gasteiger partial charge in [0.2, 0.25) is 0 Å². The van der Waals surface area contributed by atoms with E-state index in [1.54, 1.807) is 20.1 Å². The first-order valence-electron chi connectivity index (χ1n) is 7.23. The molecule has 22 heavy (non-hydrogen) atoms. The summed E-state index contributed by atoms with van der Waals surface area (Å²) >= 11 is 0. The summed E-state index contributed by atoms with van der Waals surface area (Å²) in [5, 5.41) is 0. The van der Waals surface area contributed by atoms with Crippen molar-refractivity contribution in [3.8, 4) is 11.1 Å². The highest BCUT2D eigenvalue weighted by Gasteiger charge is 2.39. The Kier molecular flexibility index (Phi) is 3.92. The van der Waals surface area contributed by atoms with Gasteiger partial charge in [-0.25, -0.2) is 0 Å². The van der Waals surface area contributed by atoms with Gasteiger partial charge in [0.1, 0.15) is 0 Å². The van der Waals surface area contributed by atoms with Crippen LogP contribution in [0.4, 0.5) is 0 Å². The van der Waals surface area contributed by atoms with E-state index in [1.807, 2.05) is 42.5 Å². The first-order chi connectivity index (χ1) is 10.6. The van der Waals surface area contributed by atoms with Crippen LogP contribution in [0.2, 0.25) is 0 Å². The van der Waals surface area contributed by atoms with Gasteiger partial charge in [0, 0.05) is 7.11 Å². The van der Waals surface area contributed by atoms with E-state index < -0.39 is 11.9 Å². The molecule has 0 N–H and O–H groups in total. The Balaban J connectivity index is 1.92. The van der Waals surface area contributed by atoms with Crippen molar-refractivity contribution in [2.45, 2.75) is 18.8 Å². The van der Waals surface area contributed by atoms with Gasteiger partial charge in [0.05, 0.1) is 0 Å². The molecule has 3 nitrogen and oxygen atoms in total. The van der Waals surface area contributed by atoms with E-state index in [0.29, 0.717) is 0 Å². The van der Waals surface area contributed by atoms with Gasteiger partial charge >= 0.3 is 0 Å². The van der Waals surface area contributed by atoms with Gasteiger partial charge < -0.3 is 9.47 Å². The summed E-state index contributed by atoms with van der Waals surface area (Å²) < 4.78 is 11.0. The molecule has 0 aliphatic carbocycles. The second-order valence-electron chi connectivity index (χ2n) is 5.42. The normalized spacial score (nSPS) is 24.5. The molecular formula is C19H18O3. The number of carbonyl (C=O) groups excluding carboxylic acids is 1. The lowest BCUT2D eigenvalue weighted by Crippen LogP contribution is -2.41. The summed E-state index contributed by atoms with van der Waals surface area (Å²) in [4.78, 5) is 12.3. The summed E-state index contributed by atoms with van der Waals surface area (Å²) in [5.41, 5.74) is 2.06. The topological polar surface area (TPSA) is 35.5 Å². The Morgan fingerprint density at radius 1 is 1.00 bits per heavy atom. The Morgan fingerprint density at radius 3 is 2.27 bits per heavy atom. The lowest BCUT2D eigenvalue weighted by Gasteiger charge is -2.33. The van der Waals surface area contributed by atoms with Crippen LogP contribution in [-0.4, -0.2) is 19.2 Å². The molecule has 2 unspecified atom stereocenters. The predicted molar refractivity (Wildman–Crippen MR) is 85.3 cm³/mol. The van der Waals surface area contributed by atoms with Gasteiger partial charge in [-0.05, 0) is 35.8 Å². The molecule has 1 heterocycles. The second-order valence-corrected chi connectivity index (χ2v) is 5.42. The van der Waals surface area contributed by atoms with Crippen LogP contribution in [-0.2, 0) is 19.9 Å². The fraction of sp³-hybridized carbons (Fsp3) is 0.211. The lowest BCUT2D eigenvalue weighted by atomic mass is 9.88. The van der Waals surface area contributed by atoms with Crippen molar-refractivity contribution in [3.05, 3.63) is 72.3 Å². The zero-order chi connectivity index (χ0) is 15.6. The molecule has 2 atom stereocenters. The molecule has 0 bridgehead atoms. The third kappa shape index (κ3) is 2.61. The zero-order valence-electron chi connectivity index (χ0n) is 12.7. The van der Waals surface area contributed by atoms with E-state index in [0.717, 1.165) is 16.7 Å². The van der Waals surface area contributed by atoms with Crippen LogP contribution < -0.4 is 0 Å². The van der Waals surface area contributed by atoms with Crippen molar-refractivity contribution in [2.24, 2.45) is 0 Å². The van der Waals surface area contributed by atoms with Crippen molar-refractivity contribution < 1.29 is 14.3 Å². The summed E-state index contributed by atoms with van der Waals surface area (Å²) in [6.45, 7) is 1.78. The third-order valence-corrected chi connectivity index (χ3v) is 4.00. The van der Waals surface area contributed by atoms with E-state index in [-0.39, 0.29) is 5.78 Å². The predicted octanol–water partition coefficient (Wildman–Crippen LogP) is 3.70. The van der Waals surface area contributed by atoms with E-state index >= 15 is 0 Å². The standard InChI is InChI=1S/C19H18O3/c1-19(17(20)12-13-18(21-2)22-19)16-10-8-15(9-11-16)14-6-4-3-5-7-14/h3-13,18H,1-2H3. The summed E-state index contributed by atoms with van der Waals surface area (Å²) in [6, 6.07) is 18.0. The Bertz CT molecular complexity index is 688. The maximum Gasteiger partial charge on any atom is 0.191 e. The van der Waals surface area contributed by atoms with Gasteiger partial charge in [-0.3, -0.25) is 4.79 Å². The van der Waals surface area contributed by atoms with Gasteiger partial charge in [0.25, 0.3) is 0 Å². The molecule has 0 fully saturated rings. The molecule has 3 rings (SSSR count). The summed E-state index contributed by atoms with van der Waals surface area (Å²) in [6.07, 6.45) is 2.65. The first-order valence-corrected chi connectivity index (χ1v) is 7.23.